The molecule has 9 heteroatoms. The zero-order valence-corrected chi connectivity index (χ0v) is 17.7. The van der Waals surface area contributed by atoms with Gasteiger partial charge in [0, 0.05) is 12.5 Å². The number of nitrogens with zero attached hydrogens (tertiary/aromatic N) is 2. The van der Waals surface area contributed by atoms with Gasteiger partial charge in [0.25, 0.3) is 10.0 Å². The van der Waals surface area contributed by atoms with Crippen molar-refractivity contribution in [1.29, 1.82) is 0 Å². The second kappa shape index (κ2) is 8.27. The van der Waals surface area contributed by atoms with Crippen LogP contribution in [0.25, 0.3) is 0 Å². The second-order valence-corrected chi connectivity index (χ2v) is 9.31. The van der Waals surface area contributed by atoms with Gasteiger partial charge in [-0.15, -0.1) is 5.10 Å². The molecule has 3 rings (SSSR count). The Hall–Kier alpha value is -1.83. The summed E-state index contributed by atoms with van der Waals surface area (Å²) >= 11 is 12.6. The van der Waals surface area contributed by atoms with Crippen LogP contribution in [0.1, 0.15) is 18.1 Å². The molecule has 0 saturated carbocycles. The van der Waals surface area contributed by atoms with Crippen molar-refractivity contribution in [1.82, 2.24) is 9.73 Å². The van der Waals surface area contributed by atoms with Gasteiger partial charge in [0.05, 0.1) is 27.0 Å². The third kappa shape index (κ3) is 4.42. The minimum Gasteiger partial charge on any atom is -0.351 e. The highest BCUT2D eigenvalue weighted by Gasteiger charge is 2.33. The first kappa shape index (κ1) is 20.9. The molecule has 1 saturated heterocycles. The van der Waals surface area contributed by atoms with Crippen LogP contribution in [0.2, 0.25) is 10.0 Å². The molecule has 150 valence electrons. The van der Waals surface area contributed by atoms with Gasteiger partial charge in [0.2, 0.25) is 0 Å². The van der Waals surface area contributed by atoms with E-state index in [1.807, 2.05) is 6.92 Å². The van der Waals surface area contributed by atoms with Crippen molar-refractivity contribution in [3.8, 4) is 0 Å². The number of benzene rings is 2. The van der Waals surface area contributed by atoms with Gasteiger partial charge in [-0.3, -0.25) is 0 Å². The van der Waals surface area contributed by atoms with Gasteiger partial charge in [-0.1, -0.05) is 53.9 Å². The maximum atomic E-state index is 14.1. The van der Waals surface area contributed by atoms with E-state index in [1.54, 1.807) is 42.2 Å². The lowest BCUT2D eigenvalue weighted by atomic mass is 10.1. The summed E-state index contributed by atoms with van der Waals surface area (Å²) in [6.07, 6.45) is -1.06. The Morgan fingerprint density at radius 3 is 2.29 bits per heavy atom. The number of alkyl halides is 1. The third-order valence-corrected chi connectivity index (χ3v) is 6.46. The van der Waals surface area contributed by atoms with Crippen LogP contribution in [-0.2, 0) is 10.0 Å². The van der Waals surface area contributed by atoms with Gasteiger partial charge in [-0.2, -0.15) is 13.2 Å². The van der Waals surface area contributed by atoms with Crippen molar-refractivity contribution >= 4 is 39.1 Å². The zero-order valence-electron chi connectivity index (χ0n) is 15.4. The van der Waals surface area contributed by atoms with E-state index < -0.39 is 16.2 Å². The van der Waals surface area contributed by atoms with Crippen molar-refractivity contribution < 1.29 is 12.8 Å². The molecule has 2 aromatic carbocycles. The van der Waals surface area contributed by atoms with Crippen molar-refractivity contribution in [2.24, 2.45) is 11.0 Å². The lowest BCUT2D eigenvalue weighted by Gasteiger charge is -2.22. The predicted molar refractivity (Wildman–Crippen MR) is 110 cm³/mol. The van der Waals surface area contributed by atoms with Crippen LogP contribution in [-0.4, -0.2) is 38.4 Å². The summed E-state index contributed by atoms with van der Waals surface area (Å²) in [4.78, 5) is 3.96. The minimum atomic E-state index is -3.91. The monoisotopic (exact) mass is 443 g/mol. The molecule has 1 aliphatic heterocycles. The molecule has 0 aliphatic carbocycles. The highest BCUT2D eigenvalue weighted by molar-refractivity contribution is 7.89. The van der Waals surface area contributed by atoms with Crippen LogP contribution in [0.3, 0.4) is 0 Å². The summed E-state index contributed by atoms with van der Waals surface area (Å²) in [5.41, 5.74) is 1.30. The number of hydrogen-bond donors (Lipinski definition) is 1. The molecule has 2 aromatic rings. The van der Waals surface area contributed by atoms with E-state index in [-0.39, 0.29) is 23.2 Å². The molecule has 2 atom stereocenters. The number of nitrogens with one attached hydrogen (secondary N) is 1. The molecule has 0 aromatic heterocycles. The molecule has 1 N–H and O–H groups in total. The molecule has 1 heterocycles. The average molecular weight is 444 g/mol. The van der Waals surface area contributed by atoms with Crippen LogP contribution >= 0.6 is 23.2 Å². The lowest BCUT2D eigenvalue weighted by molar-refractivity contribution is 0.294. The molecule has 0 amide bonds. The number of amidine groups is 1. The SMILES string of the molecule is Cc1ccc(S(=O)(=O)N/N=C(\c2c(Cl)cccc2Cl)N2CC(C)C(F)C2)cc1. The van der Waals surface area contributed by atoms with Gasteiger partial charge >= 0.3 is 0 Å². The number of hydrazone groups is 1. The highest BCUT2D eigenvalue weighted by Crippen LogP contribution is 2.29. The summed E-state index contributed by atoms with van der Waals surface area (Å²) in [7, 11) is -3.91. The molecule has 0 spiro atoms. The van der Waals surface area contributed by atoms with E-state index in [0.29, 0.717) is 22.2 Å². The fourth-order valence-corrected chi connectivity index (χ4v) is 4.34. The molecule has 1 aliphatic rings. The first-order valence-corrected chi connectivity index (χ1v) is 10.9. The van der Waals surface area contributed by atoms with E-state index in [0.717, 1.165) is 5.56 Å². The lowest BCUT2D eigenvalue weighted by Crippen LogP contribution is -2.33. The number of sulfonamides is 1. The first-order valence-electron chi connectivity index (χ1n) is 8.68. The Morgan fingerprint density at radius 1 is 1.14 bits per heavy atom. The third-order valence-electron chi connectivity index (χ3n) is 4.61. The van der Waals surface area contributed by atoms with Gasteiger partial charge in [-0.05, 0) is 31.2 Å². The molecule has 28 heavy (non-hydrogen) atoms. The van der Waals surface area contributed by atoms with Gasteiger partial charge in [-0.25, -0.2) is 4.39 Å². The summed E-state index contributed by atoms with van der Waals surface area (Å²) in [6.45, 7) is 4.09. The van der Waals surface area contributed by atoms with Crippen molar-refractivity contribution in [3.63, 3.8) is 0 Å². The van der Waals surface area contributed by atoms with Gasteiger partial charge in [0.1, 0.15) is 6.17 Å². The van der Waals surface area contributed by atoms with E-state index >= 15 is 0 Å². The molecule has 0 bridgehead atoms. The van der Waals surface area contributed by atoms with Crippen molar-refractivity contribution in [3.05, 3.63) is 63.6 Å². The van der Waals surface area contributed by atoms with E-state index in [4.69, 9.17) is 23.2 Å². The smallest absolute Gasteiger partial charge is 0.276 e. The minimum absolute atomic E-state index is 0.0737. The molecule has 5 nitrogen and oxygen atoms in total. The largest absolute Gasteiger partial charge is 0.351 e. The number of rotatable bonds is 4. The highest BCUT2D eigenvalue weighted by atomic mass is 35.5. The van der Waals surface area contributed by atoms with Crippen LogP contribution in [0.5, 0.6) is 0 Å². The van der Waals surface area contributed by atoms with Crippen LogP contribution < -0.4 is 4.83 Å². The Kier molecular flexibility index (Phi) is 6.17. The normalized spacial score (nSPS) is 20.5. The Labute approximate surface area is 174 Å². The molecule has 0 radical (unpaired) electrons. The van der Waals surface area contributed by atoms with E-state index in [1.165, 1.54) is 12.1 Å². The number of halogens is 3. The molecular weight excluding hydrogens is 424 g/mol. The first-order chi connectivity index (χ1) is 13.2. The topological polar surface area (TPSA) is 61.8 Å². The van der Waals surface area contributed by atoms with E-state index in [2.05, 4.69) is 9.93 Å². The van der Waals surface area contributed by atoms with Crippen LogP contribution in [0, 0.1) is 12.8 Å². The zero-order chi connectivity index (χ0) is 20.5. The number of aryl methyl sites for hydroxylation is 1. The number of hydrogen-bond acceptors (Lipinski definition) is 3. The van der Waals surface area contributed by atoms with E-state index in [9.17, 15) is 12.8 Å². The maximum Gasteiger partial charge on any atom is 0.276 e. The predicted octanol–water partition coefficient (Wildman–Crippen LogP) is 4.23. The van der Waals surface area contributed by atoms with Crippen LogP contribution in [0.4, 0.5) is 4.39 Å². The van der Waals surface area contributed by atoms with Gasteiger partial charge < -0.3 is 4.90 Å². The van der Waals surface area contributed by atoms with Gasteiger partial charge in [0.15, 0.2) is 5.84 Å². The Balaban J connectivity index is 2.00. The fraction of sp³-hybridized carbons (Fsp3) is 0.316. The summed E-state index contributed by atoms with van der Waals surface area (Å²) in [5, 5.41) is 4.71. The fourth-order valence-electron chi connectivity index (χ4n) is 2.97. The quantitative estimate of drug-likeness (QED) is 0.436. The van der Waals surface area contributed by atoms with Crippen molar-refractivity contribution in [2.75, 3.05) is 13.1 Å². The summed E-state index contributed by atoms with van der Waals surface area (Å²) in [5.74, 6) is -0.0292. The number of likely N-dealkylation sites (tertiary alicyclic amines) is 1. The second-order valence-electron chi connectivity index (χ2n) is 6.84. The Bertz CT molecular complexity index is 966. The van der Waals surface area contributed by atoms with Crippen LogP contribution in [0.15, 0.2) is 52.5 Å². The molecular formula is C19H20Cl2FN3O2S. The summed E-state index contributed by atoms with van der Waals surface area (Å²) < 4.78 is 39.4. The molecule has 2 unspecified atom stereocenters. The standard InChI is InChI=1S/C19H20Cl2FN3O2S/c1-12-6-8-14(9-7-12)28(26,27)24-23-19(25-10-13(2)17(22)11-25)18-15(20)4-3-5-16(18)21/h3-9,13,17,24H,10-11H2,1-2H3/b23-19+. The molecule has 1 fully saturated rings. The summed E-state index contributed by atoms with van der Waals surface area (Å²) in [6, 6.07) is 11.3. The maximum absolute atomic E-state index is 14.1. The Morgan fingerprint density at radius 2 is 1.75 bits per heavy atom. The average Bonchev–Trinajstić information content (AvgIpc) is 2.96. The van der Waals surface area contributed by atoms with Crippen molar-refractivity contribution in [2.45, 2.75) is 24.9 Å².